The summed E-state index contributed by atoms with van der Waals surface area (Å²) in [4.78, 5) is 58.9. The number of ketones is 1. The number of aliphatic hydroxyl groups is 7. The minimum atomic E-state index is -1.78. The lowest BCUT2D eigenvalue weighted by atomic mass is 9.65. The highest BCUT2D eigenvalue weighted by Gasteiger charge is 2.59. The molecule has 15 N–H and O–H groups in total. The van der Waals surface area contributed by atoms with Crippen LogP contribution in [-0.2, 0) is 81.7 Å². The highest BCUT2D eigenvalue weighted by Crippen LogP contribution is 2.62. The standard InChI is InChI=1S/2C28H30FN3O3.C27H28FN3O3.C27H26FN3O3/c2*1-26-16-19-17-31-32(22-9-7-21(29)8-10-22)24(19)15-20(26)12-14-28(26,35)13-11-18-5-3-4-6-23(18)27(2,34)25(30)33;2*1-26-15-18-16-30-31(21-8-6-20(28)7-9-21)23(18)14-19(26)11-13-27(26,34)12-10-17-4-2-3-5-22(17)24(32)25(29)33/h2*3-10,15,17,34-35H,11-14,16H2,1-2H3,(H2,30,33);2-9,14,16,24,32,34H,10-13,15H2,1H3,(H2,29,33);2-9,14,16,34H,10-13,15H2,1H3,(H2,29,33)/t2*26-,27?,28-;24?,26-,27-;26-,27-/m0000/s1. The maximum absolute atomic E-state index is 13.4. The summed E-state index contributed by atoms with van der Waals surface area (Å²) in [6.07, 6.45) is 26.4. The number of amides is 4. The topological polar surface area (TPSA) is 402 Å². The van der Waals surface area contributed by atoms with Gasteiger partial charge in [-0.15, -0.1) is 0 Å². The van der Waals surface area contributed by atoms with Crippen molar-refractivity contribution in [3.8, 4) is 22.7 Å². The van der Waals surface area contributed by atoms with E-state index in [1.165, 1.54) is 79.1 Å². The van der Waals surface area contributed by atoms with Crippen LogP contribution >= 0.6 is 0 Å². The first-order chi connectivity index (χ1) is 65.5. The molecule has 0 radical (unpaired) electrons. The predicted octanol–water partition coefficient (Wildman–Crippen LogP) is 15.0. The molecule has 4 amide bonds. The molecule has 8 aliphatic rings. The minimum absolute atomic E-state index is 0.290. The van der Waals surface area contributed by atoms with Crippen LogP contribution in [0.2, 0.25) is 0 Å². The monoisotopic (exact) mass is 1870 g/mol. The minimum Gasteiger partial charge on any atom is -0.389 e. The molecule has 20 rings (SSSR count). The van der Waals surface area contributed by atoms with Crippen molar-refractivity contribution in [2.75, 3.05) is 0 Å². The van der Waals surface area contributed by atoms with Crippen molar-refractivity contribution in [1.29, 1.82) is 0 Å². The van der Waals surface area contributed by atoms with Crippen molar-refractivity contribution in [1.82, 2.24) is 39.1 Å². The molecule has 4 saturated carbocycles. The molecule has 3 unspecified atom stereocenters. The SMILES string of the molecule is CC(O)(C(N)=O)c1ccccc1CC[C@]1(O)CCC2=Cc3c(cnn3-c3ccc(F)cc3)C[C@@]21C.CC(O)(C(N)=O)c1ccccc1CC[C@]1(O)CCC2=Cc3c(cnn3-c3ccc(F)cc3)C[C@@]21C.C[C@]12Cc3cnn(-c4ccc(F)cc4)c3C=C1CC[C@@]2(O)CCc1ccccc1C(=O)C(N)=O.C[C@]12Cc3cnn(-c4ccc(F)cc4)c3C=C1CC[C@@]2(O)CCc1ccccc1C(O)C(N)=O. The fourth-order valence-corrected chi connectivity index (χ4v) is 22.8. The summed E-state index contributed by atoms with van der Waals surface area (Å²) < 4.78 is 60.8. The van der Waals surface area contributed by atoms with Crippen LogP contribution in [0.5, 0.6) is 0 Å². The van der Waals surface area contributed by atoms with E-state index in [4.69, 9.17) is 22.9 Å². The average molecular weight is 1870 g/mol. The molecule has 11 atom stereocenters. The second-order valence-corrected chi connectivity index (χ2v) is 39.7. The fraction of sp³-hybridized carbons (Fsp3) is 0.336. The number of hydrogen-bond donors (Lipinski definition) is 11. The second-order valence-electron chi connectivity index (χ2n) is 39.7. The van der Waals surface area contributed by atoms with Gasteiger partial charge in [-0.25, -0.2) is 36.3 Å². The number of rotatable bonds is 24. The Morgan fingerprint density at radius 2 is 0.623 bits per heavy atom. The van der Waals surface area contributed by atoms with Crippen LogP contribution in [0.25, 0.3) is 47.1 Å². The molecule has 714 valence electrons. The smallest absolute Gasteiger partial charge is 0.289 e. The molecule has 0 spiro atoms. The number of nitrogens with two attached hydrogens (primary N) is 4. The molecule has 0 aliphatic heterocycles. The summed E-state index contributed by atoms with van der Waals surface area (Å²) in [5, 5.41) is 97.3. The third-order valence-electron chi connectivity index (χ3n) is 31.8. The van der Waals surface area contributed by atoms with Crippen molar-refractivity contribution in [2.45, 2.75) is 210 Å². The predicted molar refractivity (Wildman–Crippen MR) is 514 cm³/mol. The molecule has 28 heteroatoms. The number of carbonyl (C=O) groups is 5. The highest BCUT2D eigenvalue weighted by molar-refractivity contribution is 6.42. The van der Waals surface area contributed by atoms with E-state index in [0.717, 1.165) is 116 Å². The van der Waals surface area contributed by atoms with Gasteiger partial charge in [0.05, 0.1) is 92.7 Å². The lowest BCUT2D eigenvalue weighted by molar-refractivity contribution is -0.136. The number of nitrogens with zero attached hydrogens (tertiary/aromatic N) is 8. The number of halogens is 4. The van der Waals surface area contributed by atoms with Gasteiger partial charge in [-0.05, 0) is 325 Å². The average Bonchev–Trinajstić information content (AvgIpc) is 1.61. The molecule has 4 fully saturated rings. The zero-order chi connectivity index (χ0) is 98.2. The Morgan fingerprint density at radius 1 is 0.370 bits per heavy atom. The Morgan fingerprint density at radius 3 is 0.906 bits per heavy atom. The molecule has 0 saturated heterocycles. The van der Waals surface area contributed by atoms with E-state index in [0.29, 0.717) is 131 Å². The first kappa shape index (κ1) is 96.2. The zero-order valence-corrected chi connectivity index (χ0v) is 77.9. The van der Waals surface area contributed by atoms with E-state index in [-0.39, 0.29) is 23.3 Å². The summed E-state index contributed by atoms with van der Waals surface area (Å²) in [6.45, 7) is 11.2. The quantitative estimate of drug-likeness (QED) is 0.0152. The van der Waals surface area contributed by atoms with Crippen molar-refractivity contribution in [2.24, 2.45) is 44.6 Å². The van der Waals surface area contributed by atoms with Gasteiger partial charge in [0.2, 0.25) is 5.78 Å². The first-order valence-electron chi connectivity index (χ1n) is 46.8. The van der Waals surface area contributed by atoms with E-state index in [2.05, 4.69) is 72.4 Å². The molecule has 12 aromatic rings. The van der Waals surface area contributed by atoms with Gasteiger partial charge >= 0.3 is 0 Å². The highest BCUT2D eigenvalue weighted by atomic mass is 19.1. The Balaban J connectivity index is 0.000000127. The van der Waals surface area contributed by atoms with E-state index in [9.17, 15) is 77.3 Å². The number of carbonyl (C=O) groups excluding carboxylic acids is 5. The summed E-state index contributed by atoms with van der Waals surface area (Å²) in [5.41, 5.74) is 32.9. The maximum Gasteiger partial charge on any atom is 0.289 e. The Hall–Kier alpha value is -13.5. The second kappa shape index (κ2) is 36.8. The van der Waals surface area contributed by atoms with Crippen LogP contribution in [0.1, 0.15) is 219 Å². The summed E-state index contributed by atoms with van der Waals surface area (Å²) in [5.74, 6) is -5.27. The largest absolute Gasteiger partial charge is 0.389 e. The van der Waals surface area contributed by atoms with Crippen LogP contribution in [0.15, 0.2) is 241 Å². The third kappa shape index (κ3) is 17.4. The number of aliphatic hydroxyl groups excluding tert-OH is 1. The Labute approximate surface area is 796 Å². The molecule has 138 heavy (non-hydrogen) atoms. The Bertz CT molecular complexity index is 6690. The zero-order valence-electron chi connectivity index (χ0n) is 77.9. The van der Waals surface area contributed by atoms with Crippen molar-refractivity contribution >= 4 is 53.7 Å². The molecule has 8 aromatic carbocycles. The third-order valence-corrected chi connectivity index (χ3v) is 31.8. The van der Waals surface area contributed by atoms with E-state index in [1.807, 2.05) is 86.0 Å². The Kier molecular flexibility index (Phi) is 25.7. The van der Waals surface area contributed by atoms with Gasteiger partial charge in [-0.2, -0.15) is 20.4 Å². The molecule has 8 aliphatic carbocycles. The number of aromatic nitrogens is 8. The molecule has 24 nitrogen and oxygen atoms in total. The van der Waals surface area contributed by atoms with Gasteiger partial charge in [-0.1, -0.05) is 147 Å². The van der Waals surface area contributed by atoms with Gasteiger partial charge in [0, 0.05) is 27.2 Å². The molecular formula is C110H114F4N12O12. The van der Waals surface area contributed by atoms with Crippen molar-refractivity contribution in [3.63, 3.8) is 0 Å². The summed E-state index contributed by atoms with van der Waals surface area (Å²) in [6, 6.07) is 53.5. The van der Waals surface area contributed by atoms with Gasteiger partial charge in [0.1, 0.15) is 23.3 Å². The van der Waals surface area contributed by atoms with Crippen LogP contribution in [0, 0.1) is 44.9 Å². The molecule has 4 aromatic heterocycles. The number of hydrogen-bond acceptors (Lipinski definition) is 16. The normalized spacial score (nSPS) is 24.3. The van der Waals surface area contributed by atoms with E-state index < -0.39 is 90.8 Å². The number of benzene rings is 8. The van der Waals surface area contributed by atoms with Gasteiger partial charge in [-0.3, -0.25) is 24.0 Å². The number of primary amides is 4. The molecular weight excluding hydrogens is 1760 g/mol. The lowest BCUT2D eigenvalue weighted by Gasteiger charge is -2.42. The molecule has 4 heterocycles. The van der Waals surface area contributed by atoms with Gasteiger partial charge in [0.25, 0.3) is 23.6 Å². The first-order valence-corrected chi connectivity index (χ1v) is 46.8. The summed E-state index contributed by atoms with van der Waals surface area (Å²) >= 11 is 0. The van der Waals surface area contributed by atoms with Crippen LogP contribution in [-0.4, -0.2) is 127 Å². The molecule has 0 bridgehead atoms. The number of Topliss-reactive ketones (excluding diaryl/α,β-unsaturated/α-hetero) is 1. The van der Waals surface area contributed by atoms with Gasteiger partial charge < -0.3 is 58.7 Å². The fourth-order valence-electron chi connectivity index (χ4n) is 22.8. The van der Waals surface area contributed by atoms with E-state index in [1.54, 1.807) is 103 Å². The van der Waals surface area contributed by atoms with Crippen molar-refractivity contribution < 1.29 is 77.3 Å². The maximum atomic E-state index is 13.4. The number of fused-ring (bicyclic) bond motifs is 8. The van der Waals surface area contributed by atoms with Crippen LogP contribution in [0.4, 0.5) is 17.6 Å². The van der Waals surface area contributed by atoms with Crippen LogP contribution in [0.3, 0.4) is 0 Å². The van der Waals surface area contributed by atoms with E-state index >= 15 is 0 Å². The van der Waals surface area contributed by atoms with Gasteiger partial charge in [0.15, 0.2) is 17.3 Å². The lowest BCUT2D eigenvalue weighted by Crippen LogP contribution is -2.45. The van der Waals surface area contributed by atoms with Crippen molar-refractivity contribution in [3.05, 3.63) is 354 Å². The van der Waals surface area contributed by atoms with Crippen LogP contribution < -0.4 is 22.9 Å². The number of aryl methyl sites for hydroxylation is 4. The summed E-state index contributed by atoms with van der Waals surface area (Å²) in [7, 11) is 0.